The summed E-state index contributed by atoms with van der Waals surface area (Å²) in [7, 11) is 0. The maximum absolute atomic E-state index is 6.29. The number of ether oxygens (including phenoxy) is 4. The molecule has 0 radical (unpaired) electrons. The first-order chi connectivity index (χ1) is 20.5. The van der Waals surface area contributed by atoms with Crippen molar-refractivity contribution in [3.63, 3.8) is 0 Å². The van der Waals surface area contributed by atoms with Crippen molar-refractivity contribution < 1.29 is 18.9 Å². The molecule has 0 heterocycles. The standard InChI is InChI=1S/C34H37BrO4.C3H4/c1-4-13-28-31(18-11-19-32(28)39-30-17-10-9-14-25(30)3)36-20-12-21-37-33-23-34(29(35)22-27(33)5-2)38-24-26-15-7-6-8-16-26;1-3-2/h6-11,14-19,22-23H,4-5,12-13,20-21,24H2,1-3H3;1H,2H3. The van der Waals surface area contributed by atoms with Crippen LogP contribution in [-0.4, -0.2) is 13.2 Å². The number of para-hydroxylation sites is 1. The molecule has 0 spiro atoms. The highest BCUT2D eigenvalue weighted by Gasteiger charge is 2.13. The van der Waals surface area contributed by atoms with Gasteiger partial charge in [0.05, 0.1) is 17.7 Å². The van der Waals surface area contributed by atoms with E-state index in [9.17, 15) is 0 Å². The van der Waals surface area contributed by atoms with Crippen LogP contribution in [0.15, 0.2) is 89.4 Å². The van der Waals surface area contributed by atoms with E-state index in [1.807, 2.05) is 60.7 Å². The fourth-order valence-electron chi connectivity index (χ4n) is 4.32. The highest BCUT2D eigenvalue weighted by Crippen LogP contribution is 2.35. The molecule has 42 heavy (non-hydrogen) atoms. The Morgan fingerprint density at radius 3 is 2.07 bits per heavy atom. The number of hydrogen-bond donors (Lipinski definition) is 0. The predicted molar refractivity (Wildman–Crippen MR) is 176 cm³/mol. The van der Waals surface area contributed by atoms with Gasteiger partial charge in [-0.3, -0.25) is 0 Å². The average Bonchev–Trinajstić information content (AvgIpc) is 3.00. The van der Waals surface area contributed by atoms with Crippen LogP contribution in [0.25, 0.3) is 0 Å². The lowest BCUT2D eigenvalue weighted by atomic mass is 10.1. The minimum absolute atomic E-state index is 0.505. The summed E-state index contributed by atoms with van der Waals surface area (Å²) in [6, 6.07) is 28.3. The molecule has 0 amide bonds. The van der Waals surface area contributed by atoms with E-state index in [-0.39, 0.29) is 0 Å². The minimum atomic E-state index is 0.505. The summed E-state index contributed by atoms with van der Waals surface area (Å²) >= 11 is 3.65. The van der Waals surface area contributed by atoms with E-state index in [0.29, 0.717) is 19.8 Å². The number of rotatable bonds is 14. The van der Waals surface area contributed by atoms with Crippen LogP contribution >= 0.6 is 15.9 Å². The second-order valence-electron chi connectivity index (χ2n) is 9.71. The van der Waals surface area contributed by atoms with Crippen LogP contribution < -0.4 is 18.9 Å². The lowest BCUT2D eigenvalue weighted by molar-refractivity contribution is 0.242. The molecule has 4 rings (SSSR count). The van der Waals surface area contributed by atoms with Crippen LogP contribution in [0.4, 0.5) is 0 Å². The second-order valence-corrected chi connectivity index (χ2v) is 10.6. The summed E-state index contributed by atoms with van der Waals surface area (Å²) in [5, 5.41) is 0. The highest BCUT2D eigenvalue weighted by molar-refractivity contribution is 9.10. The summed E-state index contributed by atoms with van der Waals surface area (Å²) in [6.45, 7) is 9.62. The number of aryl methyl sites for hydroxylation is 2. The smallest absolute Gasteiger partial charge is 0.137 e. The molecule has 0 unspecified atom stereocenters. The Hall–Kier alpha value is -3.88. The Morgan fingerprint density at radius 1 is 0.738 bits per heavy atom. The molecule has 4 aromatic rings. The van der Waals surface area contributed by atoms with Gasteiger partial charge in [0.15, 0.2) is 0 Å². The number of halogens is 1. The third-order valence-corrected chi connectivity index (χ3v) is 7.06. The van der Waals surface area contributed by atoms with Gasteiger partial charge in [-0.2, -0.15) is 0 Å². The van der Waals surface area contributed by atoms with Gasteiger partial charge in [-0.15, -0.1) is 12.3 Å². The van der Waals surface area contributed by atoms with Crippen LogP contribution in [0.5, 0.6) is 28.7 Å². The van der Waals surface area contributed by atoms with E-state index in [0.717, 1.165) is 81.2 Å². The van der Waals surface area contributed by atoms with E-state index in [1.54, 1.807) is 6.92 Å². The maximum Gasteiger partial charge on any atom is 0.137 e. The fraction of sp³-hybridized carbons (Fsp3) is 0.297. The van der Waals surface area contributed by atoms with Gasteiger partial charge in [0, 0.05) is 18.1 Å². The molecule has 0 fully saturated rings. The molecule has 0 saturated heterocycles. The third kappa shape index (κ3) is 9.89. The van der Waals surface area contributed by atoms with Gasteiger partial charge >= 0.3 is 0 Å². The normalized spacial score (nSPS) is 10.2. The summed E-state index contributed by atoms with van der Waals surface area (Å²) in [4.78, 5) is 0. The summed E-state index contributed by atoms with van der Waals surface area (Å²) < 4.78 is 25.7. The average molecular weight is 630 g/mol. The topological polar surface area (TPSA) is 36.9 Å². The minimum Gasteiger partial charge on any atom is -0.493 e. The third-order valence-electron chi connectivity index (χ3n) is 6.44. The maximum atomic E-state index is 6.29. The molecule has 0 aliphatic heterocycles. The SMILES string of the molecule is C#CC.CCCc1c(OCCCOc2cc(OCc3ccccc3)c(Br)cc2CC)cccc1Oc1ccccc1C. The van der Waals surface area contributed by atoms with Crippen LogP contribution in [0, 0.1) is 19.3 Å². The summed E-state index contributed by atoms with van der Waals surface area (Å²) in [5.41, 5.74) is 4.47. The van der Waals surface area contributed by atoms with Crippen LogP contribution in [-0.2, 0) is 19.4 Å². The van der Waals surface area contributed by atoms with Crippen molar-refractivity contribution in [1.82, 2.24) is 0 Å². The molecule has 0 saturated carbocycles. The van der Waals surface area contributed by atoms with Crippen molar-refractivity contribution >= 4 is 15.9 Å². The van der Waals surface area contributed by atoms with Gasteiger partial charge < -0.3 is 18.9 Å². The van der Waals surface area contributed by atoms with Gasteiger partial charge in [0.2, 0.25) is 0 Å². The second kappa shape index (κ2) is 17.8. The van der Waals surface area contributed by atoms with Crippen molar-refractivity contribution in [1.29, 1.82) is 0 Å². The van der Waals surface area contributed by atoms with Gasteiger partial charge in [0.25, 0.3) is 0 Å². The Balaban J connectivity index is 0.00000155. The van der Waals surface area contributed by atoms with Crippen LogP contribution in [0.3, 0.4) is 0 Å². The molecule has 5 heteroatoms. The first-order valence-electron chi connectivity index (χ1n) is 14.5. The number of benzene rings is 4. The van der Waals surface area contributed by atoms with E-state index < -0.39 is 0 Å². The lowest BCUT2D eigenvalue weighted by Gasteiger charge is -2.17. The molecule has 0 N–H and O–H groups in total. The quantitative estimate of drug-likeness (QED) is 0.103. The molecule has 0 aliphatic rings. The highest BCUT2D eigenvalue weighted by atomic mass is 79.9. The van der Waals surface area contributed by atoms with Gasteiger partial charge in [-0.1, -0.05) is 74.9 Å². The molecule has 0 aromatic heterocycles. The number of hydrogen-bond acceptors (Lipinski definition) is 4. The van der Waals surface area contributed by atoms with Crippen LogP contribution in [0.1, 0.15) is 55.9 Å². The van der Waals surface area contributed by atoms with Crippen molar-refractivity contribution in [3.05, 3.63) is 112 Å². The fourth-order valence-corrected chi connectivity index (χ4v) is 4.82. The molecule has 0 aliphatic carbocycles. The Bertz CT molecular complexity index is 1430. The van der Waals surface area contributed by atoms with E-state index in [1.165, 1.54) is 0 Å². The molecule has 4 nitrogen and oxygen atoms in total. The van der Waals surface area contributed by atoms with Crippen molar-refractivity contribution in [2.24, 2.45) is 0 Å². The molecule has 0 atom stereocenters. The molecular weight excluding hydrogens is 588 g/mol. The first-order valence-corrected chi connectivity index (χ1v) is 15.3. The van der Waals surface area contributed by atoms with Crippen molar-refractivity contribution in [3.8, 4) is 41.1 Å². The van der Waals surface area contributed by atoms with Crippen molar-refractivity contribution in [2.45, 2.75) is 60.0 Å². The lowest BCUT2D eigenvalue weighted by Crippen LogP contribution is -2.08. The van der Waals surface area contributed by atoms with Gasteiger partial charge in [0.1, 0.15) is 35.4 Å². The summed E-state index contributed by atoms with van der Waals surface area (Å²) in [5.74, 6) is 6.47. The molecule has 0 bridgehead atoms. The number of terminal acetylenes is 1. The molecule has 220 valence electrons. The largest absolute Gasteiger partial charge is 0.493 e. The Labute approximate surface area is 260 Å². The Morgan fingerprint density at radius 2 is 1.38 bits per heavy atom. The zero-order chi connectivity index (χ0) is 30.2. The van der Waals surface area contributed by atoms with Crippen LogP contribution in [0.2, 0.25) is 0 Å². The zero-order valence-corrected chi connectivity index (χ0v) is 26.7. The first kappa shape index (κ1) is 32.6. The molecule has 4 aromatic carbocycles. The van der Waals surface area contributed by atoms with Gasteiger partial charge in [-0.25, -0.2) is 0 Å². The van der Waals surface area contributed by atoms with E-state index in [2.05, 4.69) is 73.3 Å². The van der Waals surface area contributed by atoms with Crippen molar-refractivity contribution in [2.75, 3.05) is 13.2 Å². The molecular formula is C37H41BrO4. The van der Waals surface area contributed by atoms with E-state index >= 15 is 0 Å². The monoisotopic (exact) mass is 628 g/mol. The van der Waals surface area contributed by atoms with Gasteiger partial charge in [-0.05, 0) is 83.6 Å². The zero-order valence-electron chi connectivity index (χ0n) is 25.1. The Kier molecular flexibility index (Phi) is 13.9. The van der Waals surface area contributed by atoms with E-state index in [4.69, 9.17) is 18.9 Å². The summed E-state index contributed by atoms with van der Waals surface area (Å²) in [6.07, 6.45) is 8.12. The predicted octanol–water partition coefficient (Wildman–Crippen LogP) is 10.1.